The Morgan fingerprint density at radius 3 is 2.70 bits per heavy atom. The smallest absolute Gasteiger partial charge is 0.339 e. The highest BCUT2D eigenvalue weighted by Gasteiger charge is 2.29. The van der Waals surface area contributed by atoms with Gasteiger partial charge >= 0.3 is 5.97 Å². The van der Waals surface area contributed by atoms with Crippen LogP contribution in [0.15, 0.2) is 18.2 Å². The lowest BCUT2D eigenvalue weighted by atomic mass is 10.1. The van der Waals surface area contributed by atoms with Gasteiger partial charge < -0.3 is 15.2 Å². The number of hydrogen-bond acceptors (Lipinski definition) is 5. The fourth-order valence-corrected chi connectivity index (χ4v) is 1.58. The Balaban J connectivity index is 3.08. The lowest BCUT2D eigenvalue weighted by molar-refractivity contribution is -0.130. The SMILES string of the molecule is COC(=O)c1cc(NC(=O)C(C)(O)CBr)ccc1C#N. The molecule has 0 aliphatic heterocycles. The van der Waals surface area contributed by atoms with E-state index < -0.39 is 17.5 Å². The molecule has 0 heterocycles. The van der Waals surface area contributed by atoms with Crippen molar-refractivity contribution in [3.05, 3.63) is 29.3 Å². The van der Waals surface area contributed by atoms with Crippen LogP contribution in [0.25, 0.3) is 0 Å². The molecule has 0 aromatic heterocycles. The van der Waals surface area contributed by atoms with Crippen molar-refractivity contribution < 1.29 is 19.4 Å². The highest BCUT2D eigenvalue weighted by Crippen LogP contribution is 2.18. The summed E-state index contributed by atoms with van der Waals surface area (Å²) in [7, 11) is 1.20. The van der Waals surface area contributed by atoms with Crippen molar-refractivity contribution in [3.8, 4) is 6.07 Å². The Kier molecular flexibility index (Phi) is 5.25. The summed E-state index contributed by atoms with van der Waals surface area (Å²) in [4.78, 5) is 23.3. The predicted octanol–water partition coefficient (Wildman–Crippen LogP) is 1.43. The number of anilines is 1. The number of alkyl halides is 1. The van der Waals surface area contributed by atoms with Gasteiger partial charge in [-0.2, -0.15) is 5.26 Å². The van der Waals surface area contributed by atoms with Crippen LogP contribution in [0.1, 0.15) is 22.8 Å². The number of hydrogen-bond donors (Lipinski definition) is 2. The van der Waals surface area contributed by atoms with Gasteiger partial charge in [-0.05, 0) is 25.1 Å². The number of carbonyl (C=O) groups excluding carboxylic acids is 2. The van der Waals surface area contributed by atoms with E-state index in [1.165, 1.54) is 32.2 Å². The molecule has 0 saturated carbocycles. The minimum Gasteiger partial charge on any atom is -0.465 e. The standard InChI is InChI=1S/C13H13BrN2O4/c1-13(19,7-14)12(18)16-9-4-3-8(6-15)10(5-9)11(17)20-2/h3-5,19H,7H2,1-2H3,(H,16,18). The molecular formula is C13H13BrN2O4. The Morgan fingerprint density at radius 1 is 1.55 bits per heavy atom. The molecule has 1 aromatic rings. The lowest BCUT2D eigenvalue weighted by Gasteiger charge is -2.19. The summed E-state index contributed by atoms with van der Waals surface area (Å²) in [5.41, 5.74) is -1.11. The van der Waals surface area contributed by atoms with E-state index in [0.717, 1.165) is 0 Å². The molecule has 0 aliphatic rings. The van der Waals surface area contributed by atoms with Gasteiger partial charge in [0.25, 0.3) is 5.91 Å². The van der Waals surface area contributed by atoms with Crippen molar-refractivity contribution >= 4 is 33.5 Å². The molecule has 0 aliphatic carbocycles. The Bertz CT molecular complexity index is 578. The summed E-state index contributed by atoms with van der Waals surface area (Å²) in [6, 6.07) is 6.05. The summed E-state index contributed by atoms with van der Waals surface area (Å²) >= 11 is 3.03. The van der Waals surface area contributed by atoms with Crippen molar-refractivity contribution in [1.29, 1.82) is 5.26 Å². The zero-order chi connectivity index (χ0) is 15.3. The fourth-order valence-electron chi connectivity index (χ4n) is 1.32. The third-order valence-electron chi connectivity index (χ3n) is 2.55. The van der Waals surface area contributed by atoms with Crippen molar-refractivity contribution in [2.24, 2.45) is 0 Å². The van der Waals surface area contributed by atoms with E-state index in [4.69, 9.17) is 5.26 Å². The average molecular weight is 341 g/mol. The van der Waals surface area contributed by atoms with Crippen molar-refractivity contribution in [3.63, 3.8) is 0 Å². The number of esters is 1. The first-order valence-corrected chi connectivity index (χ1v) is 6.70. The quantitative estimate of drug-likeness (QED) is 0.638. The minimum absolute atomic E-state index is 0.0475. The van der Waals surface area contributed by atoms with Crippen LogP contribution in [0, 0.1) is 11.3 Å². The second-order valence-electron chi connectivity index (χ2n) is 4.23. The maximum atomic E-state index is 11.8. The first-order valence-electron chi connectivity index (χ1n) is 5.58. The van der Waals surface area contributed by atoms with Crippen LogP contribution in [-0.4, -0.2) is 35.0 Å². The van der Waals surface area contributed by atoms with E-state index in [0.29, 0.717) is 0 Å². The van der Waals surface area contributed by atoms with Crippen molar-refractivity contribution in [2.75, 3.05) is 17.8 Å². The molecule has 1 aromatic carbocycles. The molecule has 6 nitrogen and oxygen atoms in total. The highest BCUT2D eigenvalue weighted by atomic mass is 79.9. The van der Waals surface area contributed by atoms with Crippen LogP contribution >= 0.6 is 15.9 Å². The van der Waals surface area contributed by atoms with E-state index >= 15 is 0 Å². The third kappa shape index (κ3) is 3.56. The monoisotopic (exact) mass is 340 g/mol. The number of halogens is 1. The molecule has 1 rings (SSSR count). The minimum atomic E-state index is -1.58. The van der Waals surface area contributed by atoms with Crippen LogP contribution in [0.5, 0.6) is 0 Å². The Labute approximate surface area is 124 Å². The van der Waals surface area contributed by atoms with Gasteiger partial charge in [0, 0.05) is 11.0 Å². The van der Waals surface area contributed by atoms with E-state index in [9.17, 15) is 14.7 Å². The molecule has 106 valence electrons. The first-order chi connectivity index (χ1) is 9.35. The normalized spacial score (nSPS) is 12.9. The van der Waals surface area contributed by atoms with Crippen LogP contribution in [0.3, 0.4) is 0 Å². The molecule has 0 radical (unpaired) electrons. The number of rotatable bonds is 4. The number of amides is 1. The summed E-state index contributed by atoms with van der Waals surface area (Å²) in [5, 5.41) is 21.2. The van der Waals surface area contributed by atoms with E-state index in [-0.39, 0.29) is 22.1 Å². The zero-order valence-corrected chi connectivity index (χ0v) is 12.5. The molecule has 20 heavy (non-hydrogen) atoms. The van der Waals surface area contributed by atoms with Gasteiger partial charge in [0.1, 0.15) is 11.7 Å². The summed E-state index contributed by atoms with van der Waals surface area (Å²) in [6.07, 6.45) is 0. The van der Waals surface area contributed by atoms with Crippen molar-refractivity contribution in [2.45, 2.75) is 12.5 Å². The highest BCUT2D eigenvalue weighted by molar-refractivity contribution is 9.09. The molecule has 1 amide bonds. The number of methoxy groups -OCH3 is 1. The van der Waals surface area contributed by atoms with Gasteiger partial charge in [0.2, 0.25) is 0 Å². The van der Waals surface area contributed by atoms with Gasteiger partial charge in [-0.25, -0.2) is 4.79 Å². The molecule has 1 unspecified atom stereocenters. The van der Waals surface area contributed by atoms with Gasteiger partial charge in [0.15, 0.2) is 0 Å². The molecule has 0 bridgehead atoms. The Morgan fingerprint density at radius 2 is 2.20 bits per heavy atom. The average Bonchev–Trinajstić information content (AvgIpc) is 2.46. The van der Waals surface area contributed by atoms with Gasteiger partial charge in [-0.15, -0.1) is 0 Å². The molecule has 2 N–H and O–H groups in total. The van der Waals surface area contributed by atoms with Gasteiger partial charge in [0.05, 0.1) is 18.2 Å². The summed E-state index contributed by atoms with van der Waals surface area (Å²) in [5.74, 6) is -1.31. The third-order valence-corrected chi connectivity index (χ3v) is 3.64. The lowest BCUT2D eigenvalue weighted by Crippen LogP contribution is -2.41. The van der Waals surface area contributed by atoms with Crippen LogP contribution in [0.2, 0.25) is 0 Å². The second kappa shape index (κ2) is 6.50. The summed E-state index contributed by atoms with van der Waals surface area (Å²) in [6.45, 7) is 1.35. The molecule has 0 saturated heterocycles. The van der Waals surface area contributed by atoms with Crippen LogP contribution < -0.4 is 5.32 Å². The molecule has 0 spiro atoms. The number of nitrogens with one attached hydrogen (secondary N) is 1. The zero-order valence-electron chi connectivity index (χ0n) is 10.9. The molecule has 7 heteroatoms. The number of carbonyl (C=O) groups is 2. The number of aliphatic hydroxyl groups is 1. The van der Waals surface area contributed by atoms with E-state index in [1.807, 2.05) is 6.07 Å². The molecule has 1 atom stereocenters. The second-order valence-corrected chi connectivity index (χ2v) is 4.79. The van der Waals surface area contributed by atoms with Crippen LogP contribution in [-0.2, 0) is 9.53 Å². The number of ether oxygens (including phenoxy) is 1. The van der Waals surface area contributed by atoms with Gasteiger partial charge in [-0.3, -0.25) is 4.79 Å². The predicted molar refractivity (Wildman–Crippen MR) is 75.5 cm³/mol. The number of nitrogens with zero attached hydrogens (tertiary/aromatic N) is 1. The Hall–Kier alpha value is -1.91. The van der Waals surface area contributed by atoms with Gasteiger partial charge in [-0.1, -0.05) is 15.9 Å². The van der Waals surface area contributed by atoms with E-state index in [2.05, 4.69) is 26.0 Å². The largest absolute Gasteiger partial charge is 0.465 e. The van der Waals surface area contributed by atoms with E-state index in [1.54, 1.807) is 0 Å². The molecular weight excluding hydrogens is 328 g/mol. The fraction of sp³-hybridized carbons (Fsp3) is 0.308. The maximum Gasteiger partial charge on any atom is 0.339 e. The summed E-state index contributed by atoms with van der Waals surface area (Å²) < 4.78 is 4.57. The topological polar surface area (TPSA) is 99.4 Å². The van der Waals surface area contributed by atoms with Crippen molar-refractivity contribution in [1.82, 2.24) is 0 Å². The van der Waals surface area contributed by atoms with Crippen LogP contribution in [0.4, 0.5) is 5.69 Å². The first kappa shape index (κ1) is 16.1. The maximum absolute atomic E-state index is 11.8. The number of nitriles is 1. The molecule has 0 fully saturated rings. The number of benzene rings is 1.